The maximum absolute atomic E-state index is 14.6. The first-order valence-corrected chi connectivity index (χ1v) is 9.07. The standard InChI is InChI=1S/C21H10BF10/c1-2-3-4-6-8(22)5-7(10-12(23)16(27)20(31)17(28)13(10)24)9(6)11-14(25)18(29)21(32)19(30)15(11)26/h5H,2-4H2,1H3. The van der Waals surface area contributed by atoms with Gasteiger partial charge < -0.3 is 0 Å². The molecule has 167 valence electrons. The number of hydrogen-bond donors (Lipinski definition) is 0. The topological polar surface area (TPSA) is 0 Å². The average Bonchev–Trinajstić information content (AvgIpc) is 3.07. The fraction of sp³-hybridized carbons (Fsp3) is 0.190. The molecule has 11 heteroatoms. The summed E-state index contributed by atoms with van der Waals surface area (Å²) in [7, 11) is 5.76. The van der Waals surface area contributed by atoms with Gasteiger partial charge in [-0.1, -0.05) is 0 Å². The minimum atomic E-state index is -2.49. The molecule has 0 bridgehead atoms. The van der Waals surface area contributed by atoms with Gasteiger partial charge in [0, 0.05) is 0 Å². The van der Waals surface area contributed by atoms with E-state index in [1.54, 1.807) is 6.92 Å². The van der Waals surface area contributed by atoms with E-state index in [0.717, 1.165) is 0 Å². The van der Waals surface area contributed by atoms with Crippen molar-refractivity contribution in [1.82, 2.24) is 0 Å². The second kappa shape index (κ2) is 8.59. The summed E-state index contributed by atoms with van der Waals surface area (Å²) in [5.41, 5.74) is -5.83. The molecule has 3 rings (SSSR count). The van der Waals surface area contributed by atoms with E-state index in [9.17, 15) is 43.9 Å². The molecule has 1 aliphatic rings. The van der Waals surface area contributed by atoms with Crippen molar-refractivity contribution in [3.8, 4) is 0 Å². The van der Waals surface area contributed by atoms with E-state index in [-0.39, 0.29) is 18.4 Å². The SMILES string of the molecule is [B]=C1C=C(c2c(F)c(F)c(F)c(F)c2F)C(c2c(F)c(F)c(F)c(F)c2F)=C1CCCC. The van der Waals surface area contributed by atoms with Crippen molar-refractivity contribution in [2.45, 2.75) is 26.2 Å². The predicted octanol–water partition coefficient (Wildman–Crippen LogP) is 6.46. The van der Waals surface area contributed by atoms with Crippen LogP contribution in [0.15, 0.2) is 11.6 Å². The van der Waals surface area contributed by atoms with Gasteiger partial charge in [-0.15, -0.1) is 0 Å². The quantitative estimate of drug-likeness (QED) is 0.207. The second-order valence-electron chi connectivity index (χ2n) is 6.86. The van der Waals surface area contributed by atoms with Crippen molar-refractivity contribution < 1.29 is 43.9 Å². The van der Waals surface area contributed by atoms with E-state index >= 15 is 0 Å². The summed E-state index contributed by atoms with van der Waals surface area (Å²) in [6.07, 6.45) is 1.23. The monoisotopic (exact) mass is 463 g/mol. The van der Waals surface area contributed by atoms with Crippen molar-refractivity contribution in [3.05, 3.63) is 80.9 Å². The van der Waals surface area contributed by atoms with Crippen LogP contribution in [-0.4, -0.2) is 13.0 Å². The van der Waals surface area contributed by atoms with Gasteiger partial charge in [0.2, 0.25) is 0 Å². The first-order valence-electron chi connectivity index (χ1n) is 9.07. The number of benzene rings is 2. The fourth-order valence-corrected chi connectivity index (χ4v) is 3.39. The molecule has 0 saturated carbocycles. The summed E-state index contributed by atoms with van der Waals surface area (Å²) in [5.74, 6) is -23.9. The molecule has 0 N–H and O–H groups in total. The van der Waals surface area contributed by atoms with Gasteiger partial charge in [-0.05, 0) is 0 Å². The molecule has 0 aromatic heterocycles. The summed E-state index contributed by atoms with van der Waals surface area (Å²) >= 11 is 0. The molecule has 0 nitrogen and oxygen atoms in total. The number of hydrogen-bond acceptors (Lipinski definition) is 0. The summed E-state index contributed by atoms with van der Waals surface area (Å²) in [4.78, 5) is 0. The molecule has 0 aliphatic heterocycles. The van der Waals surface area contributed by atoms with Crippen LogP contribution in [0.3, 0.4) is 0 Å². The van der Waals surface area contributed by atoms with Gasteiger partial charge in [0.15, 0.2) is 0 Å². The minimum absolute atomic E-state index is 0.146. The molecule has 32 heavy (non-hydrogen) atoms. The van der Waals surface area contributed by atoms with E-state index in [0.29, 0.717) is 12.5 Å². The summed E-state index contributed by atoms with van der Waals surface area (Å²) in [6.45, 7) is 1.68. The van der Waals surface area contributed by atoms with E-state index < -0.39 is 85.9 Å². The Bertz CT molecular complexity index is 1170. The normalized spacial score (nSPS) is 13.9. The fourth-order valence-electron chi connectivity index (χ4n) is 3.39. The molecular formula is C21H10BF10. The van der Waals surface area contributed by atoms with Crippen LogP contribution in [0.5, 0.6) is 0 Å². The van der Waals surface area contributed by atoms with E-state index in [2.05, 4.69) is 0 Å². The Morgan fingerprint density at radius 2 is 0.969 bits per heavy atom. The summed E-state index contributed by atoms with van der Waals surface area (Å²) < 4.78 is 140. The van der Waals surface area contributed by atoms with E-state index in [1.165, 1.54) is 0 Å². The van der Waals surface area contributed by atoms with Crippen LogP contribution < -0.4 is 0 Å². The molecule has 0 spiro atoms. The summed E-state index contributed by atoms with van der Waals surface area (Å²) in [6, 6.07) is 0. The average molecular weight is 463 g/mol. The van der Waals surface area contributed by atoms with Crippen molar-refractivity contribution in [1.29, 1.82) is 0 Å². The molecule has 0 fully saturated rings. The second-order valence-corrected chi connectivity index (χ2v) is 6.86. The van der Waals surface area contributed by atoms with Crippen LogP contribution >= 0.6 is 0 Å². The van der Waals surface area contributed by atoms with E-state index in [4.69, 9.17) is 7.49 Å². The number of rotatable bonds is 5. The molecule has 0 atom stereocenters. The van der Waals surface area contributed by atoms with Gasteiger partial charge in [0.25, 0.3) is 0 Å². The molecule has 1 aliphatic carbocycles. The number of allylic oxidation sites excluding steroid dienone is 4. The van der Waals surface area contributed by atoms with Crippen LogP contribution in [0.25, 0.3) is 11.1 Å². The molecule has 0 heterocycles. The molecule has 2 aromatic rings. The zero-order valence-electron chi connectivity index (χ0n) is 16.1. The Hall–Kier alpha value is -2.85. The molecule has 1 radical (unpaired) electrons. The van der Waals surface area contributed by atoms with Gasteiger partial charge in [-0.3, -0.25) is 0 Å². The Labute approximate surface area is 175 Å². The molecule has 0 unspecified atom stereocenters. The Morgan fingerprint density at radius 1 is 0.594 bits per heavy atom. The summed E-state index contributed by atoms with van der Waals surface area (Å²) in [5, 5.41) is 0. The van der Waals surface area contributed by atoms with Crippen LogP contribution in [0.2, 0.25) is 0 Å². The van der Waals surface area contributed by atoms with Gasteiger partial charge in [-0.2, -0.15) is 0 Å². The third-order valence-corrected chi connectivity index (χ3v) is 4.94. The predicted molar refractivity (Wildman–Crippen MR) is 97.6 cm³/mol. The Balaban J connectivity index is 2.45. The van der Waals surface area contributed by atoms with Crippen LogP contribution in [0, 0.1) is 58.2 Å². The zero-order valence-corrected chi connectivity index (χ0v) is 16.1. The maximum atomic E-state index is 14.6. The van der Waals surface area contributed by atoms with E-state index in [1.807, 2.05) is 0 Å². The zero-order chi connectivity index (χ0) is 24.1. The molecule has 0 saturated heterocycles. The number of halogens is 10. The Kier molecular flexibility index (Phi) is 6.39. The van der Waals surface area contributed by atoms with Crippen LogP contribution in [-0.2, 0) is 0 Å². The van der Waals surface area contributed by atoms with Gasteiger partial charge in [0.05, 0.1) is 0 Å². The van der Waals surface area contributed by atoms with Crippen molar-refractivity contribution in [2.24, 2.45) is 0 Å². The van der Waals surface area contributed by atoms with Gasteiger partial charge in [-0.25, -0.2) is 0 Å². The first kappa shape index (κ1) is 23.8. The van der Waals surface area contributed by atoms with Crippen LogP contribution in [0.4, 0.5) is 43.9 Å². The van der Waals surface area contributed by atoms with Crippen molar-refractivity contribution >= 4 is 24.1 Å². The molecule has 2 aromatic carbocycles. The van der Waals surface area contributed by atoms with Gasteiger partial charge in [0.1, 0.15) is 0 Å². The third-order valence-electron chi connectivity index (χ3n) is 4.94. The molecular weight excluding hydrogens is 453 g/mol. The first-order chi connectivity index (χ1) is 14.9. The van der Waals surface area contributed by atoms with Crippen molar-refractivity contribution in [3.63, 3.8) is 0 Å². The Morgan fingerprint density at radius 3 is 1.38 bits per heavy atom. The molecule has 0 amide bonds. The number of unbranched alkanes of at least 4 members (excludes halogenated alkanes) is 1. The van der Waals surface area contributed by atoms with Crippen molar-refractivity contribution in [2.75, 3.05) is 0 Å². The van der Waals surface area contributed by atoms with Gasteiger partial charge >= 0.3 is 175 Å². The van der Waals surface area contributed by atoms with Crippen LogP contribution in [0.1, 0.15) is 37.3 Å². The third kappa shape index (κ3) is 3.47.